The number of nitrogens with one attached hydrogen (secondary N) is 1. The molecule has 0 saturated heterocycles. The summed E-state index contributed by atoms with van der Waals surface area (Å²) in [4.78, 5) is 4.89. The van der Waals surface area contributed by atoms with E-state index in [2.05, 4.69) is 25.6 Å². The third kappa shape index (κ3) is 3.76. The van der Waals surface area contributed by atoms with E-state index in [0.717, 1.165) is 30.8 Å². The van der Waals surface area contributed by atoms with Gasteiger partial charge in [-0.15, -0.1) is 11.3 Å². The van der Waals surface area contributed by atoms with Crippen LogP contribution in [0.25, 0.3) is 20.8 Å². The normalized spacial score (nSPS) is 11.6. The van der Waals surface area contributed by atoms with Gasteiger partial charge in [0.05, 0.1) is 20.8 Å². The first-order chi connectivity index (χ1) is 12.9. The quantitative estimate of drug-likeness (QED) is 0.418. The van der Waals surface area contributed by atoms with Crippen molar-refractivity contribution in [3.8, 4) is 10.6 Å². The number of halogens is 1. The predicted molar refractivity (Wildman–Crippen MR) is 115 cm³/mol. The van der Waals surface area contributed by atoms with Gasteiger partial charge in [-0.25, -0.2) is 13.4 Å². The summed E-state index contributed by atoms with van der Waals surface area (Å²) in [6.07, 6.45) is 0. The van der Waals surface area contributed by atoms with Crippen molar-refractivity contribution in [2.45, 2.75) is 11.8 Å². The second-order valence-corrected chi connectivity index (χ2v) is 9.72. The summed E-state index contributed by atoms with van der Waals surface area (Å²) in [7, 11) is -3.69. The molecule has 0 aliphatic rings. The van der Waals surface area contributed by atoms with Crippen LogP contribution in [-0.4, -0.2) is 13.4 Å². The van der Waals surface area contributed by atoms with Crippen LogP contribution in [-0.2, 0) is 10.0 Å². The Labute approximate surface area is 170 Å². The third-order valence-corrected chi connectivity index (χ3v) is 7.03. The van der Waals surface area contributed by atoms with Gasteiger partial charge in [-0.3, -0.25) is 4.72 Å². The first-order valence-electron chi connectivity index (χ1n) is 8.17. The van der Waals surface area contributed by atoms with Gasteiger partial charge in [-0.05, 0) is 49.4 Å². The average molecular weight is 459 g/mol. The summed E-state index contributed by atoms with van der Waals surface area (Å²) in [6.45, 7) is 1.92. The largest absolute Gasteiger partial charge is 0.279 e. The molecule has 136 valence electrons. The number of nitrogens with zero attached hydrogens (tertiary/aromatic N) is 1. The maximum absolute atomic E-state index is 12.8. The number of hydrogen-bond acceptors (Lipinski definition) is 4. The highest BCUT2D eigenvalue weighted by molar-refractivity contribution is 9.10. The Hall–Kier alpha value is -2.22. The summed E-state index contributed by atoms with van der Waals surface area (Å²) in [5.74, 6) is 0. The molecule has 1 aromatic heterocycles. The molecular weight excluding hydrogens is 444 g/mol. The Kier molecular flexibility index (Phi) is 4.75. The third-order valence-electron chi connectivity index (χ3n) is 4.08. The zero-order valence-corrected chi connectivity index (χ0v) is 17.5. The molecule has 0 aliphatic carbocycles. The fraction of sp³-hybridized carbons (Fsp3) is 0.0500. The van der Waals surface area contributed by atoms with Crippen molar-refractivity contribution in [1.29, 1.82) is 0 Å². The van der Waals surface area contributed by atoms with Crippen LogP contribution in [0.5, 0.6) is 0 Å². The highest BCUT2D eigenvalue weighted by atomic mass is 79.9. The van der Waals surface area contributed by atoms with E-state index in [1.165, 1.54) is 11.3 Å². The minimum atomic E-state index is -3.69. The zero-order valence-electron chi connectivity index (χ0n) is 14.3. The van der Waals surface area contributed by atoms with Crippen LogP contribution in [0.2, 0.25) is 0 Å². The molecule has 0 bridgehead atoms. The lowest BCUT2D eigenvalue weighted by Crippen LogP contribution is -2.13. The smallest absolute Gasteiger partial charge is 0.261 e. The summed E-state index contributed by atoms with van der Waals surface area (Å²) >= 11 is 5.00. The molecule has 27 heavy (non-hydrogen) atoms. The number of para-hydroxylation sites is 1. The lowest BCUT2D eigenvalue weighted by molar-refractivity contribution is 0.601. The van der Waals surface area contributed by atoms with Crippen molar-refractivity contribution in [3.05, 3.63) is 76.8 Å². The minimum absolute atomic E-state index is 0.228. The van der Waals surface area contributed by atoms with Gasteiger partial charge >= 0.3 is 0 Å². The molecule has 3 aromatic carbocycles. The van der Waals surface area contributed by atoms with Crippen LogP contribution >= 0.6 is 27.3 Å². The number of thiazole rings is 1. The molecule has 4 aromatic rings. The van der Waals surface area contributed by atoms with E-state index in [1.807, 2.05) is 43.3 Å². The van der Waals surface area contributed by atoms with E-state index >= 15 is 0 Å². The average Bonchev–Trinajstić information content (AvgIpc) is 3.07. The van der Waals surface area contributed by atoms with Crippen LogP contribution in [0.4, 0.5) is 5.69 Å². The van der Waals surface area contributed by atoms with Crippen LogP contribution < -0.4 is 4.72 Å². The van der Waals surface area contributed by atoms with Crippen molar-refractivity contribution in [2.24, 2.45) is 0 Å². The minimum Gasteiger partial charge on any atom is -0.279 e. The van der Waals surface area contributed by atoms with Gasteiger partial charge in [-0.1, -0.05) is 45.8 Å². The second-order valence-electron chi connectivity index (χ2n) is 6.10. The fourth-order valence-electron chi connectivity index (χ4n) is 2.69. The molecular formula is C20H15BrN2O2S2. The lowest BCUT2D eigenvalue weighted by Gasteiger charge is -2.12. The molecule has 7 heteroatoms. The van der Waals surface area contributed by atoms with Crippen LogP contribution in [0.1, 0.15) is 5.56 Å². The second kappa shape index (κ2) is 7.07. The Morgan fingerprint density at radius 2 is 1.74 bits per heavy atom. The number of rotatable bonds is 4. The molecule has 0 saturated carbocycles. The van der Waals surface area contributed by atoms with Crippen molar-refractivity contribution in [2.75, 3.05) is 4.72 Å². The van der Waals surface area contributed by atoms with E-state index in [9.17, 15) is 8.42 Å². The summed E-state index contributed by atoms with van der Waals surface area (Å²) in [6, 6.07) is 20.1. The maximum Gasteiger partial charge on any atom is 0.261 e. The van der Waals surface area contributed by atoms with Crippen LogP contribution in [0.15, 0.2) is 76.1 Å². The molecule has 0 spiro atoms. The lowest BCUT2D eigenvalue weighted by atomic mass is 10.2. The van der Waals surface area contributed by atoms with Gasteiger partial charge in [-0.2, -0.15) is 0 Å². The number of hydrogen-bond donors (Lipinski definition) is 1. The van der Waals surface area contributed by atoms with Crippen molar-refractivity contribution in [1.82, 2.24) is 4.98 Å². The molecule has 4 rings (SSSR count). The number of sulfonamides is 1. The predicted octanol–water partition coefficient (Wildman–Crippen LogP) is 5.84. The van der Waals surface area contributed by atoms with Crippen molar-refractivity contribution >= 4 is 53.2 Å². The molecule has 0 radical (unpaired) electrons. The standard InChI is InChI=1S/C20H15BrN2O2S2/c1-13-6-9-15(10-7-13)27(24,25)23-17-11-8-14(21)12-16(17)20-22-18-4-2-3-5-19(18)26-20/h2-12,23H,1H3. The number of aromatic nitrogens is 1. The van der Waals surface area contributed by atoms with Gasteiger partial charge in [0.1, 0.15) is 5.01 Å². The number of aryl methyl sites for hydroxylation is 1. The molecule has 4 nitrogen and oxygen atoms in total. The van der Waals surface area contributed by atoms with Crippen molar-refractivity contribution in [3.63, 3.8) is 0 Å². The highest BCUT2D eigenvalue weighted by Gasteiger charge is 2.18. The van der Waals surface area contributed by atoms with E-state index < -0.39 is 10.0 Å². The first-order valence-corrected chi connectivity index (χ1v) is 11.3. The van der Waals surface area contributed by atoms with E-state index in [1.54, 1.807) is 30.3 Å². The number of fused-ring (bicyclic) bond motifs is 1. The number of benzene rings is 3. The van der Waals surface area contributed by atoms with Crippen LogP contribution in [0.3, 0.4) is 0 Å². The van der Waals surface area contributed by atoms with Gasteiger partial charge in [0, 0.05) is 10.0 Å². The van der Waals surface area contributed by atoms with Gasteiger partial charge in [0.2, 0.25) is 0 Å². The zero-order chi connectivity index (χ0) is 19.0. The van der Waals surface area contributed by atoms with Gasteiger partial charge in [0.25, 0.3) is 10.0 Å². The summed E-state index contributed by atoms with van der Waals surface area (Å²) in [5, 5.41) is 0.763. The summed E-state index contributed by atoms with van der Waals surface area (Å²) in [5.41, 5.74) is 3.14. The molecule has 0 amide bonds. The summed E-state index contributed by atoms with van der Waals surface area (Å²) < 4.78 is 30.2. The van der Waals surface area contributed by atoms with E-state index in [-0.39, 0.29) is 4.90 Å². The Balaban J connectivity index is 1.78. The Morgan fingerprint density at radius 1 is 1.00 bits per heavy atom. The van der Waals surface area contributed by atoms with Crippen LogP contribution in [0, 0.1) is 6.92 Å². The topological polar surface area (TPSA) is 59.1 Å². The first kappa shape index (κ1) is 18.2. The SMILES string of the molecule is Cc1ccc(S(=O)(=O)Nc2ccc(Br)cc2-c2nc3ccccc3s2)cc1. The molecule has 0 unspecified atom stereocenters. The Bertz CT molecular complexity index is 1200. The fourth-order valence-corrected chi connectivity index (χ4v) is 5.13. The molecule has 0 atom stereocenters. The molecule has 0 fully saturated rings. The van der Waals surface area contributed by atoms with Gasteiger partial charge in [0.15, 0.2) is 0 Å². The maximum atomic E-state index is 12.8. The monoisotopic (exact) mass is 458 g/mol. The molecule has 1 heterocycles. The van der Waals surface area contributed by atoms with E-state index in [0.29, 0.717) is 5.69 Å². The molecule has 0 aliphatic heterocycles. The van der Waals surface area contributed by atoms with Gasteiger partial charge < -0.3 is 0 Å². The molecule has 1 N–H and O–H groups in total. The van der Waals surface area contributed by atoms with E-state index in [4.69, 9.17) is 0 Å². The highest BCUT2D eigenvalue weighted by Crippen LogP contribution is 2.37. The number of anilines is 1. The van der Waals surface area contributed by atoms with Crippen molar-refractivity contribution < 1.29 is 8.42 Å². The Morgan fingerprint density at radius 3 is 2.48 bits per heavy atom.